The van der Waals surface area contributed by atoms with E-state index in [1.165, 1.54) is 16.7 Å². The molecule has 2 aromatic rings. The number of nitrogens with two attached hydrogens (primary N) is 1. The molecule has 0 saturated heterocycles. The minimum atomic E-state index is -0.0719. The Labute approximate surface area is 129 Å². The van der Waals surface area contributed by atoms with E-state index in [2.05, 4.69) is 33.1 Å². The van der Waals surface area contributed by atoms with Gasteiger partial charge in [0.15, 0.2) is 5.96 Å². The number of aromatic nitrogens is 2. The molecule has 0 fully saturated rings. The maximum Gasteiger partial charge on any atom is 0.191 e. The van der Waals surface area contributed by atoms with Crippen molar-refractivity contribution in [2.75, 3.05) is 13.6 Å². The maximum absolute atomic E-state index is 6.01. The van der Waals surface area contributed by atoms with Crippen LogP contribution < -0.4 is 5.73 Å². The Morgan fingerprint density at radius 2 is 2.05 bits per heavy atom. The van der Waals surface area contributed by atoms with E-state index in [4.69, 9.17) is 10.7 Å². The third kappa shape index (κ3) is 2.04. The van der Waals surface area contributed by atoms with E-state index in [1.807, 2.05) is 19.4 Å². The van der Waals surface area contributed by atoms with Gasteiger partial charge in [0.2, 0.25) is 0 Å². The smallest absolute Gasteiger partial charge is 0.191 e. The molecule has 5 nitrogen and oxygen atoms in total. The second kappa shape index (κ2) is 4.80. The minimum absolute atomic E-state index is 0.0719. The summed E-state index contributed by atoms with van der Waals surface area (Å²) in [5.41, 5.74) is 11.0. The predicted molar refractivity (Wildman–Crippen MR) is 86.5 cm³/mol. The normalized spacial score (nSPS) is 23.5. The lowest BCUT2D eigenvalue weighted by molar-refractivity contribution is 0.335. The number of guanidine groups is 1. The first-order valence-corrected chi connectivity index (χ1v) is 7.59. The van der Waals surface area contributed by atoms with Gasteiger partial charge in [0, 0.05) is 38.0 Å². The van der Waals surface area contributed by atoms with Gasteiger partial charge < -0.3 is 10.6 Å². The highest BCUT2D eigenvalue weighted by Gasteiger charge is 2.40. The van der Waals surface area contributed by atoms with Gasteiger partial charge in [-0.15, -0.1) is 0 Å². The molecule has 1 unspecified atom stereocenters. The number of rotatable bonds is 1. The topological polar surface area (TPSA) is 67.4 Å². The number of hydrogen-bond acceptors (Lipinski definition) is 5. The number of likely N-dealkylation sites (N-methyl/N-ethyl adjacent to an activating group) is 1. The van der Waals surface area contributed by atoms with Crippen LogP contribution in [0.5, 0.6) is 0 Å². The highest BCUT2D eigenvalue weighted by molar-refractivity contribution is 5.80. The minimum Gasteiger partial charge on any atom is -0.370 e. The summed E-state index contributed by atoms with van der Waals surface area (Å²) >= 11 is 0. The lowest BCUT2D eigenvalue weighted by atomic mass is 9.76. The fraction of sp³-hybridized carbons (Fsp3) is 0.353. The molecule has 2 heterocycles. The number of aryl methyl sites for hydroxylation is 1. The third-order valence-electron chi connectivity index (χ3n) is 4.78. The van der Waals surface area contributed by atoms with Crippen LogP contribution in [0.1, 0.15) is 17.5 Å². The van der Waals surface area contributed by atoms with E-state index >= 15 is 0 Å². The molecular formula is C17H19N5. The van der Waals surface area contributed by atoms with Crippen molar-refractivity contribution in [2.24, 2.45) is 10.7 Å². The fourth-order valence-electron chi connectivity index (χ4n) is 3.69. The Morgan fingerprint density at radius 3 is 2.77 bits per heavy atom. The standard InChI is InChI=1S/C17H19N5/c1-22-10-17(21-16(22)18)6-5-12-3-2-4-14(15(12)7-17)13-8-19-11-20-9-13/h2-4,8-9,11H,5-7,10H2,1H3,(H2,18,21). The molecule has 0 amide bonds. The molecule has 0 bridgehead atoms. The quantitative estimate of drug-likeness (QED) is 0.868. The predicted octanol–water partition coefficient (Wildman–Crippen LogP) is 1.63. The van der Waals surface area contributed by atoms with E-state index in [0.29, 0.717) is 5.96 Å². The second-order valence-electron chi connectivity index (χ2n) is 6.30. The van der Waals surface area contributed by atoms with Crippen LogP contribution in [0.15, 0.2) is 41.9 Å². The average molecular weight is 293 g/mol. The van der Waals surface area contributed by atoms with E-state index in [9.17, 15) is 0 Å². The SMILES string of the molecule is CN1CC2(CCc3cccc(-c4cncnc4)c3C2)N=C1N. The number of hydrogen-bond donors (Lipinski definition) is 1. The summed E-state index contributed by atoms with van der Waals surface area (Å²) in [7, 11) is 2.01. The van der Waals surface area contributed by atoms with Gasteiger partial charge >= 0.3 is 0 Å². The molecule has 2 aliphatic rings. The van der Waals surface area contributed by atoms with E-state index in [-0.39, 0.29) is 5.54 Å². The summed E-state index contributed by atoms with van der Waals surface area (Å²) in [4.78, 5) is 15.2. The van der Waals surface area contributed by atoms with Crippen molar-refractivity contribution < 1.29 is 0 Å². The number of fused-ring (bicyclic) bond motifs is 1. The molecular weight excluding hydrogens is 274 g/mol. The van der Waals surface area contributed by atoms with Gasteiger partial charge in [-0.3, -0.25) is 0 Å². The molecule has 1 aliphatic carbocycles. The van der Waals surface area contributed by atoms with Gasteiger partial charge in [0.25, 0.3) is 0 Å². The highest BCUT2D eigenvalue weighted by atomic mass is 15.3. The van der Waals surface area contributed by atoms with Crippen molar-refractivity contribution in [3.63, 3.8) is 0 Å². The molecule has 0 radical (unpaired) electrons. The maximum atomic E-state index is 6.01. The van der Waals surface area contributed by atoms with Gasteiger partial charge in [-0.1, -0.05) is 18.2 Å². The van der Waals surface area contributed by atoms with Gasteiger partial charge in [-0.2, -0.15) is 0 Å². The van der Waals surface area contributed by atoms with Crippen LogP contribution in [0, 0.1) is 0 Å². The summed E-state index contributed by atoms with van der Waals surface area (Å²) in [5, 5.41) is 0. The Morgan fingerprint density at radius 1 is 1.23 bits per heavy atom. The Hall–Kier alpha value is -2.43. The first-order chi connectivity index (χ1) is 10.7. The van der Waals surface area contributed by atoms with Crippen molar-refractivity contribution in [1.29, 1.82) is 0 Å². The van der Waals surface area contributed by atoms with Crippen molar-refractivity contribution >= 4 is 5.96 Å². The Kier molecular flexibility index (Phi) is 2.89. The van der Waals surface area contributed by atoms with E-state index in [0.717, 1.165) is 31.4 Å². The summed E-state index contributed by atoms with van der Waals surface area (Å²) in [5.74, 6) is 0.656. The molecule has 2 N–H and O–H groups in total. The molecule has 1 spiro atoms. The summed E-state index contributed by atoms with van der Waals surface area (Å²) in [6, 6.07) is 6.50. The monoisotopic (exact) mass is 293 g/mol. The van der Waals surface area contributed by atoms with Crippen molar-refractivity contribution in [1.82, 2.24) is 14.9 Å². The summed E-state index contributed by atoms with van der Waals surface area (Å²) in [6.07, 6.45) is 8.35. The van der Waals surface area contributed by atoms with Gasteiger partial charge in [0.1, 0.15) is 6.33 Å². The van der Waals surface area contributed by atoms with Crippen LogP contribution in [0.2, 0.25) is 0 Å². The highest BCUT2D eigenvalue weighted by Crippen LogP contribution is 2.39. The van der Waals surface area contributed by atoms with E-state index in [1.54, 1.807) is 6.33 Å². The molecule has 1 atom stereocenters. The lowest BCUT2D eigenvalue weighted by Gasteiger charge is -2.33. The summed E-state index contributed by atoms with van der Waals surface area (Å²) < 4.78 is 0. The Bertz CT molecular complexity index is 740. The molecule has 22 heavy (non-hydrogen) atoms. The van der Waals surface area contributed by atoms with E-state index < -0.39 is 0 Å². The van der Waals surface area contributed by atoms with Gasteiger partial charge in [-0.25, -0.2) is 15.0 Å². The van der Waals surface area contributed by atoms with Crippen LogP contribution in [0.3, 0.4) is 0 Å². The number of nitrogens with zero attached hydrogens (tertiary/aromatic N) is 4. The van der Waals surface area contributed by atoms with Gasteiger partial charge in [0.05, 0.1) is 5.54 Å². The fourth-order valence-corrected chi connectivity index (χ4v) is 3.69. The number of benzene rings is 1. The first kappa shape index (κ1) is 13.2. The van der Waals surface area contributed by atoms with Crippen LogP contribution in [-0.4, -0.2) is 40.0 Å². The zero-order valence-corrected chi connectivity index (χ0v) is 12.7. The summed E-state index contributed by atoms with van der Waals surface area (Å²) in [6.45, 7) is 0.901. The Balaban J connectivity index is 1.79. The van der Waals surface area contributed by atoms with Crippen LogP contribution in [0.4, 0.5) is 0 Å². The van der Waals surface area contributed by atoms with Crippen molar-refractivity contribution in [2.45, 2.75) is 24.8 Å². The molecule has 1 aromatic carbocycles. The van der Waals surface area contributed by atoms with Crippen molar-refractivity contribution in [3.8, 4) is 11.1 Å². The largest absolute Gasteiger partial charge is 0.370 e. The molecule has 4 rings (SSSR count). The molecule has 5 heteroatoms. The zero-order valence-electron chi connectivity index (χ0n) is 12.7. The average Bonchev–Trinajstić information content (AvgIpc) is 2.81. The van der Waals surface area contributed by atoms with Crippen molar-refractivity contribution in [3.05, 3.63) is 48.0 Å². The van der Waals surface area contributed by atoms with Crippen LogP contribution >= 0.6 is 0 Å². The zero-order chi connectivity index (χ0) is 15.2. The van der Waals surface area contributed by atoms with Crippen LogP contribution in [-0.2, 0) is 12.8 Å². The molecule has 112 valence electrons. The first-order valence-electron chi connectivity index (χ1n) is 7.59. The number of aliphatic imine (C=N–C) groups is 1. The molecule has 1 aliphatic heterocycles. The third-order valence-corrected chi connectivity index (χ3v) is 4.78. The lowest BCUT2D eigenvalue weighted by Crippen LogP contribution is -2.39. The van der Waals surface area contributed by atoms with Gasteiger partial charge in [-0.05, 0) is 29.5 Å². The van der Waals surface area contributed by atoms with Crippen LogP contribution in [0.25, 0.3) is 11.1 Å². The molecule has 1 aromatic heterocycles. The molecule has 0 saturated carbocycles. The second-order valence-corrected chi connectivity index (χ2v) is 6.30.